The molecule has 1 aromatic rings. The predicted octanol–water partition coefficient (Wildman–Crippen LogP) is 0.835. The van der Waals surface area contributed by atoms with Crippen LogP contribution in [0.25, 0.3) is 0 Å². The summed E-state index contributed by atoms with van der Waals surface area (Å²) in [5.74, 6) is -1.77. The first-order valence-electron chi connectivity index (χ1n) is 6.75. The predicted molar refractivity (Wildman–Crippen MR) is 72.5 cm³/mol. The number of hydrogen-bond acceptors (Lipinski definition) is 3. The van der Waals surface area contributed by atoms with E-state index in [-0.39, 0.29) is 25.2 Å². The van der Waals surface area contributed by atoms with Crippen LogP contribution in [0.4, 0.5) is 13.2 Å². The van der Waals surface area contributed by atoms with E-state index in [0.717, 1.165) is 6.07 Å². The molecule has 1 saturated heterocycles. The molecule has 22 heavy (non-hydrogen) atoms. The van der Waals surface area contributed by atoms with Crippen molar-refractivity contribution in [3.05, 3.63) is 35.4 Å². The molecule has 8 heteroatoms. The second kappa shape index (κ2) is 6.35. The van der Waals surface area contributed by atoms with Crippen LogP contribution in [-0.4, -0.2) is 47.8 Å². The maximum absolute atomic E-state index is 12.9. The van der Waals surface area contributed by atoms with Gasteiger partial charge in [0.05, 0.1) is 5.56 Å². The molecule has 1 heterocycles. The van der Waals surface area contributed by atoms with Gasteiger partial charge in [-0.3, -0.25) is 14.5 Å². The lowest BCUT2D eigenvalue weighted by Crippen LogP contribution is -2.51. The lowest BCUT2D eigenvalue weighted by molar-refractivity contribution is -0.145. The first-order chi connectivity index (χ1) is 10.3. The van der Waals surface area contributed by atoms with Crippen LogP contribution in [0.1, 0.15) is 11.1 Å². The first-order valence-corrected chi connectivity index (χ1v) is 6.75. The number of hydrogen-bond donors (Lipinski definition) is 1. The Morgan fingerprint density at radius 3 is 2.23 bits per heavy atom. The van der Waals surface area contributed by atoms with Crippen LogP contribution in [0.2, 0.25) is 0 Å². The second-order valence-electron chi connectivity index (χ2n) is 5.09. The van der Waals surface area contributed by atoms with E-state index in [4.69, 9.17) is 5.73 Å². The molecule has 0 unspecified atom stereocenters. The monoisotopic (exact) mass is 315 g/mol. The zero-order chi connectivity index (χ0) is 16.3. The fourth-order valence-corrected chi connectivity index (χ4v) is 2.44. The number of alkyl halides is 3. The fraction of sp³-hybridized carbons (Fsp3) is 0.429. The third-order valence-corrected chi connectivity index (χ3v) is 3.59. The Morgan fingerprint density at radius 1 is 1.09 bits per heavy atom. The van der Waals surface area contributed by atoms with Gasteiger partial charge in [-0.25, -0.2) is 0 Å². The van der Waals surface area contributed by atoms with Gasteiger partial charge in [-0.1, -0.05) is 18.2 Å². The molecule has 1 aliphatic heterocycles. The molecule has 2 amide bonds. The molecule has 0 spiro atoms. The number of carbonyl (C=O) groups is 2. The quantitative estimate of drug-likeness (QED) is 0.822. The Labute approximate surface area is 125 Å². The van der Waals surface area contributed by atoms with Gasteiger partial charge in [0.25, 0.3) is 0 Å². The molecular weight excluding hydrogens is 299 g/mol. The van der Waals surface area contributed by atoms with Gasteiger partial charge in [-0.2, -0.15) is 13.2 Å². The molecule has 5 nitrogen and oxygen atoms in total. The van der Waals surface area contributed by atoms with E-state index < -0.39 is 23.6 Å². The van der Waals surface area contributed by atoms with Crippen molar-refractivity contribution in [1.29, 1.82) is 0 Å². The average Bonchev–Trinajstić information content (AvgIpc) is 2.46. The minimum Gasteiger partial charge on any atom is -0.361 e. The summed E-state index contributed by atoms with van der Waals surface area (Å²) in [6, 6.07) is 5.43. The van der Waals surface area contributed by atoms with Crippen molar-refractivity contribution in [1.82, 2.24) is 9.80 Å². The summed E-state index contributed by atoms with van der Waals surface area (Å²) < 4.78 is 38.8. The molecule has 1 fully saturated rings. The van der Waals surface area contributed by atoms with Crippen LogP contribution in [0.5, 0.6) is 0 Å². The number of primary amides is 1. The lowest BCUT2D eigenvalue weighted by atomic mass is 10.1. The summed E-state index contributed by atoms with van der Waals surface area (Å²) >= 11 is 0. The maximum Gasteiger partial charge on any atom is 0.416 e. The van der Waals surface area contributed by atoms with E-state index in [1.807, 2.05) is 4.90 Å². The molecule has 120 valence electrons. The van der Waals surface area contributed by atoms with E-state index >= 15 is 0 Å². The van der Waals surface area contributed by atoms with Crippen LogP contribution in [-0.2, 0) is 22.3 Å². The number of halogens is 3. The van der Waals surface area contributed by atoms with Crippen LogP contribution in [0, 0.1) is 0 Å². The number of carbonyl (C=O) groups excluding carboxylic acids is 2. The normalized spacial score (nSPS) is 16.6. The van der Waals surface area contributed by atoms with Crippen molar-refractivity contribution < 1.29 is 22.8 Å². The third-order valence-electron chi connectivity index (χ3n) is 3.59. The van der Waals surface area contributed by atoms with Gasteiger partial charge in [0.2, 0.25) is 0 Å². The van der Waals surface area contributed by atoms with Crippen LogP contribution < -0.4 is 5.73 Å². The molecule has 0 atom stereocenters. The molecule has 0 radical (unpaired) electrons. The van der Waals surface area contributed by atoms with E-state index in [1.54, 1.807) is 6.07 Å². The number of nitrogens with zero attached hydrogens (tertiary/aromatic N) is 2. The van der Waals surface area contributed by atoms with E-state index in [2.05, 4.69) is 0 Å². The molecule has 1 aromatic carbocycles. The maximum atomic E-state index is 12.9. The molecule has 2 rings (SSSR count). The SMILES string of the molecule is NC(=O)C(=O)N1CCN(Cc2ccccc2C(F)(F)F)CC1. The largest absolute Gasteiger partial charge is 0.416 e. The van der Waals surface area contributed by atoms with Gasteiger partial charge in [0, 0.05) is 32.7 Å². The summed E-state index contributed by atoms with van der Waals surface area (Å²) in [5, 5.41) is 0. The third kappa shape index (κ3) is 3.76. The van der Waals surface area contributed by atoms with E-state index in [9.17, 15) is 22.8 Å². The molecule has 1 aliphatic rings. The van der Waals surface area contributed by atoms with Gasteiger partial charge in [-0.15, -0.1) is 0 Å². The number of rotatable bonds is 2. The zero-order valence-corrected chi connectivity index (χ0v) is 11.8. The Morgan fingerprint density at radius 2 is 1.68 bits per heavy atom. The van der Waals surface area contributed by atoms with Crippen molar-refractivity contribution in [3.8, 4) is 0 Å². The van der Waals surface area contributed by atoms with Crippen LogP contribution >= 0.6 is 0 Å². The molecule has 0 aliphatic carbocycles. The van der Waals surface area contributed by atoms with Crippen molar-refractivity contribution >= 4 is 11.8 Å². The van der Waals surface area contributed by atoms with Gasteiger partial charge >= 0.3 is 18.0 Å². The van der Waals surface area contributed by atoms with Crippen molar-refractivity contribution in [3.63, 3.8) is 0 Å². The average molecular weight is 315 g/mol. The first kappa shape index (κ1) is 16.3. The minimum atomic E-state index is -4.39. The molecule has 0 saturated carbocycles. The minimum absolute atomic E-state index is 0.147. The van der Waals surface area contributed by atoms with Crippen LogP contribution in [0.3, 0.4) is 0 Å². The highest BCUT2D eigenvalue weighted by molar-refractivity contribution is 6.34. The summed E-state index contributed by atoms with van der Waals surface area (Å²) in [5.41, 5.74) is 4.48. The van der Waals surface area contributed by atoms with Gasteiger partial charge in [-0.05, 0) is 11.6 Å². The molecular formula is C14H16F3N3O2. The Hall–Kier alpha value is -2.09. The topological polar surface area (TPSA) is 66.6 Å². The number of nitrogens with two attached hydrogens (primary N) is 1. The van der Waals surface area contributed by atoms with E-state index in [1.165, 1.54) is 17.0 Å². The van der Waals surface area contributed by atoms with Crippen LogP contribution in [0.15, 0.2) is 24.3 Å². The van der Waals surface area contributed by atoms with Gasteiger partial charge in [0.1, 0.15) is 0 Å². The summed E-state index contributed by atoms with van der Waals surface area (Å²) in [6.45, 7) is 1.48. The number of piperazine rings is 1. The second-order valence-corrected chi connectivity index (χ2v) is 5.09. The van der Waals surface area contributed by atoms with Crippen molar-refractivity contribution in [2.75, 3.05) is 26.2 Å². The van der Waals surface area contributed by atoms with Gasteiger partial charge < -0.3 is 10.6 Å². The van der Waals surface area contributed by atoms with E-state index in [0.29, 0.717) is 13.1 Å². The molecule has 0 bridgehead atoms. The van der Waals surface area contributed by atoms with Gasteiger partial charge in [0.15, 0.2) is 0 Å². The highest BCUT2D eigenvalue weighted by atomic mass is 19.4. The number of amides is 2. The highest BCUT2D eigenvalue weighted by Crippen LogP contribution is 2.32. The Bertz CT molecular complexity index is 567. The Balaban J connectivity index is 2.00. The number of benzene rings is 1. The zero-order valence-electron chi connectivity index (χ0n) is 11.8. The smallest absolute Gasteiger partial charge is 0.361 e. The Kier molecular flexibility index (Phi) is 4.70. The summed E-state index contributed by atoms with van der Waals surface area (Å²) in [4.78, 5) is 25.4. The molecule has 0 aromatic heterocycles. The standard InChI is InChI=1S/C14H16F3N3O2/c15-14(16,17)11-4-2-1-3-10(11)9-19-5-7-20(8-6-19)13(22)12(18)21/h1-4H,5-9H2,(H2,18,21). The summed E-state index contributed by atoms with van der Waals surface area (Å²) in [7, 11) is 0. The lowest BCUT2D eigenvalue weighted by Gasteiger charge is -2.34. The van der Waals surface area contributed by atoms with Crippen molar-refractivity contribution in [2.24, 2.45) is 5.73 Å². The summed E-state index contributed by atoms with van der Waals surface area (Å²) in [6.07, 6.45) is -4.39. The highest BCUT2D eigenvalue weighted by Gasteiger charge is 2.33. The molecule has 2 N–H and O–H groups in total. The fourth-order valence-electron chi connectivity index (χ4n) is 2.44. The van der Waals surface area contributed by atoms with Crippen molar-refractivity contribution in [2.45, 2.75) is 12.7 Å².